The van der Waals surface area contributed by atoms with Gasteiger partial charge in [0.05, 0.1) is 29.6 Å². The zero-order chi connectivity index (χ0) is 22.2. The zero-order valence-electron chi connectivity index (χ0n) is 16.4. The maximum atomic E-state index is 13.2. The first-order chi connectivity index (χ1) is 14.1. The van der Waals surface area contributed by atoms with Crippen LogP contribution in [-0.2, 0) is 17.4 Å². The average Bonchev–Trinajstić information content (AvgIpc) is 2.96. The van der Waals surface area contributed by atoms with Crippen LogP contribution in [0.4, 0.5) is 13.2 Å². The van der Waals surface area contributed by atoms with E-state index < -0.39 is 17.6 Å². The van der Waals surface area contributed by atoms with Crippen LogP contribution >= 0.6 is 11.6 Å². The molecule has 9 heteroatoms. The van der Waals surface area contributed by atoms with Crippen molar-refractivity contribution in [2.24, 2.45) is 0 Å². The first kappa shape index (κ1) is 21.7. The third-order valence-electron chi connectivity index (χ3n) is 4.89. The number of methoxy groups -OCH3 is 1. The van der Waals surface area contributed by atoms with Crippen molar-refractivity contribution in [3.05, 3.63) is 63.8 Å². The second-order valence-corrected chi connectivity index (χ2v) is 7.04. The van der Waals surface area contributed by atoms with Gasteiger partial charge in [-0.25, -0.2) is 0 Å². The van der Waals surface area contributed by atoms with Crippen molar-refractivity contribution in [3.63, 3.8) is 0 Å². The van der Waals surface area contributed by atoms with Crippen molar-refractivity contribution in [3.8, 4) is 5.75 Å². The van der Waals surface area contributed by atoms with Crippen LogP contribution in [0, 0.1) is 6.92 Å². The molecule has 5 nitrogen and oxygen atoms in total. The Kier molecular flexibility index (Phi) is 5.81. The topological polar surface area (TPSA) is 60.3 Å². The van der Waals surface area contributed by atoms with E-state index in [2.05, 4.69) is 5.32 Å². The third kappa shape index (κ3) is 3.87. The molecule has 3 aromatic rings. The van der Waals surface area contributed by atoms with Crippen LogP contribution in [-0.4, -0.2) is 30.5 Å². The molecule has 0 aliphatic rings. The predicted octanol–water partition coefficient (Wildman–Crippen LogP) is 4.61. The van der Waals surface area contributed by atoms with Crippen molar-refractivity contribution in [1.29, 1.82) is 0 Å². The van der Waals surface area contributed by atoms with Crippen molar-refractivity contribution >= 4 is 34.3 Å². The Bertz CT molecular complexity index is 1140. The quantitative estimate of drug-likeness (QED) is 0.647. The smallest absolute Gasteiger partial charge is 0.416 e. The summed E-state index contributed by atoms with van der Waals surface area (Å²) in [5, 5.41) is 3.39. The van der Waals surface area contributed by atoms with Crippen LogP contribution in [0.25, 0.3) is 10.9 Å². The number of hydrogen-bond donors (Lipinski definition) is 1. The SMILES string of the molecule is CNC(=O)Cc1c(C)n(C(=O)c2ccc(C(F)(F)F)cc2)c2cc(Cl)c(OC)cc12. The second-order valence-electron chi connectivity index (χ2n) is 6.63. The van der Waals surface area contributed by atoms with Crippen molar-refractivity contribution in [1.82, 2.24) is 9.88 Å². The zero-order valence-corrected chi connectivity index (χ0v) is 17.1. The van der Waals surface area contributed by atoms with Gasteiger partial charge in [-0.3, -0.25) is 14.2 Å². The summed E-state index contributed by atoms with van der Waals surface area (Å²) in [4.78, 5) is 25.2. The number of nitrogens with one attached hydrogen (secondary N) is 1. The lowest BCUT2D eigenvalue weighted by Gasteiger charge is -2.10. The number of halogens is 4. The Hall–Kier alpha value is -3.00. The number of rotatable bonds is 4. The normalized spacial score (nSPS) is 11.6. The molecule has 1 heterocycles. The molecule has 2 aromatic carbocycles. The molecule has 1 amide bonds. The van der Waals surface area contributed by atoms with Gasteiger partial charge >= 0.3 is 6.18 Å². The lowest BCUT2D eigenvalue weighted by Crippen LogP contribution is -2.20. The Morgan fingerprint density at radius 3 is 2.33 bits per heavy atom. The van der Waals surface area contributed by atoms with E-state index in [9.17, 15) is 22.8 Å². The van der Waals surface area contributed by atoms with E-state index in [0.717, 1.165) is 24.3 Å². The lowest BCUT2D eigenvalue weighted by molar-refractivity contribution is -0.137. The number of benzene rings is 2. The molecular formula is C21H18ClF3N2O3. The van der Waals surface area contributed by atoms with E-state index in [1.165, 1.54) is 24.8 Å². The molecule has 0 radical (unpaired) electrons. The first-order valence-electron chi connectivity index (χ1n) is 8.88. The molecule has 1 N–H and O–H groups in total. The van der Waals surface area contributed by atoms with Gasteiger partial charge < -0.3 is 10.1 Å². The fourth-order valence-corrected chi connectivity index (χ4v) is 3.54. The maximum absolute atomic E-state index is 13.2. The Morgan fingerprint density at radius 1 is 1.17 bits per heavy atom. The molecule has 1 aromatic heterocycles. The number of alkyl halides is 3. The Labute approximate surface area is 175 Å². The number of likely N-dealkylation sites (N-methyl/N-ethyl adjacent to an activating group) is 1. The van der Waals surface area contributed by atoms with E-state index in [1.807, 2.05) is 0 Å². The number of hydrogen-bond acceptors (Lipinski definition) is 3. The highest BCUT2D eigenvalue weighted by atomic mass is 35.5. The minimum atomic E-state index is -4.50. The molecule has 158 valence electrons. The van der Waals surface area contributed by atoms with Crippen LogP contribution < -0.4 is 10.1 Å². The number of carbonyl (C=O) groups excluding carboxylic acids is 2. The Balaban J connectivity index is 2.19. The maximum Gasteiger partial charge on any atom is 0.416 e. The van der Waals surface area contributed by atoms with E-state index >= 15 is 0 Å². The van der Waals surface area contributed by atoms with Gasteiger partial charge in [0.1, 0.15) is 5.75 Å². The average molecular weight is 439 g/mol. The molecule has 30 heavy (non-hydrogen) atoms. The highest BCUT2D eigenvalue weighted by Crippen LogP contribution is 2.36. The fraction of sp³-hybridized carbons (Fsp3) is 0.238. The summed E-state index contributed by atoms with van der Waals surface area (Å²) < 4.78 is 45.1. The van der Waals surface area contributed by atoms with Gasteiger partial charge in [0.25, 0.3) is 5.91 Å². The molecule has 0 unspecified atom stereocenters. The van der Waals surface area contributed by atoms with Gasteiger partial charge in [0.2, 0.25) is 5.91 Å². The van der Waals surface area contributed by atoms with Crippen molar-refractivity contribution < 1.29 is 27.5 Å². The van der Waals surface area contributed by atoms with Gasteiger partial charge in [-0.05, 0) is 48.9 Å². The van der Waals surface area contributed by atoms with Crippen LogP contribution in [0.3, 0.4) is 0 Å². The van der Waals surface area contributed by atoms with Crippen LogP contribution in [0.1, 0.15) is 27.2 Å². The van der Waals surface area contributed by atoms with E-state index in [1.54, 1.807) is 13.0 Å². The molecule has 0 atom stereocenters. The van der Waals surface area contributed by atoms with Crippen LogP contribution in [0.5, 0.6) is 5.75 Å². The minimum absolute atomic E-state index is 0.0108. The summed E-state index contributed by atoms with van der Waals surface area (Å²) in [5.74, 6) is -0.412. The summed E-state index contributed by atoms with van der Waals surface area (Å²) in [6.45, 7) is 1.67. The van der Waals surface area contributed by atoms with E-state index in [-0.39, 0.29) is 22.9 Å². The first-order valence-corrected chi connectivity index (χ1v) is 9.26. The molecule has 0 bridgehead atoms. The highest BCUT2D eigenvalue weighted by Gasteiger charge is 2.30. The minimum Gasteiger partial charge on any atom is -0.495 e. The van der Waals surface area contributed by atoms with Gasteiger partial charge in [-0.2, -0.15) is 13.2 Å². The van der Waals surface area contributed by atoms with Gasteiger partial charge in [0.15, 0.2) is 0 Å². The number of carbonyl (C=O) groups is 2. The Morgan fingerprint density at radius 2 is 1.80 bits per heavy atom. The molecule has 0 saturated carbocycles. The standard InChI is InChI=1S/C21H18ClF3N2O3/c1-11-14(9-19(28)26-2)15-8-18(30-3)16(22)10-17(15)27(11)20(29)12-4-6-13(7-5-12)21(23,24)25/h4-8,10H,9H2,1-3H3,(H,26,28). The number of fused-ring (bicyclic) bond motifs is 1. The molecule has 0 spiro atoms. The molecule has 0 aliphatic heterocycles. The number of ether oxygens (including phenoxy) is 1. The number of nitrogens with zero attached hydrogens (tertiary/aromatic N) is 1. The molecule has 3 rings (SSSR count). The largest absolute Gasteiger partial charge is 0.495 e. The summed E-state index contributed by atoms with van der Waals surface area (Å²) >= 11 is 6.24. The molecular weight excluding hydrogens is 421 g/mol. The monoisotopic (exact) mass is 438 g/mol. The number of amides is 1. The summed E-state index contributed by atoms with van der Waals surface area (Å²) in [7, 11) is 2.95. The summed E-state index contributed by atoms with van der Waals surface area (Å²) in [6.07, 6.45) is -4.49. The third-order valence-corrected chi connectivity index (χ3v) is 5.18. The van der Waals surface area contributed by atoms with Gasteiger partial charge in [-0.15, -0.1) is 0 Å². The second kappa shape index (κ2) is 8.02. The fourth-order valence-electron chi connectivity index (χ4n) is 3.30. The van der Waals surface area contributed by atoms with Crippen molar-refractivity contribution in [2.45, 2.75) is 19.5 Å². The summed E-state index contributed by atoms with van der Waals surface area (Å²) in [6, 6.07) is 7.14. The molecule has 0 fully saturated rings. The molecule has 0 saturated heterocycles. The highest BCUT2D eigenvalue weighted by molar-refractivity contribution is 6.33. The van der Waals surface area contributed by atoms with Crippen LogP contribution in [0.2, 0.25) is 5.02 Å². The van der Waals surface area contributed by atoms with E-state index in [0.29, 0.717) is 27.9 Å². The van der Waals surface area contributed by atoms with Gasteiger partial charge in [-0.1, -0.05) is 11.6 Å². The predicted molar refractivity (Wildman–Crippen MR) is 107 cm³/mol. The van der Waals surface area contributed by atoms with Gasteiger partial charge in [0, 0.05) is 23.7 Å². The van der Waals surface area contributed by atoms with Crippen molar-refractivity contribution in [2.75, 3.05) is 14.2 Å². The molecule has 0 aliphatic carbocycles. The number of aromatic nitrogens is 1. The van der Waals surface area contributed by atoms with E-state index in [4.69, 9.17) is 16.3 Å². The summed E-state index contributed by atoms with van der Waals surface area (Å²) in [5.41, 5.74) is 0.743. The van der Waals surface area contributed by atoms with Crippen LogP contribution in [0.15, 0.2) is 36.4 Å². The lowest BCUT2D eigenvalue weighted by atomic mass is 10.1.